The number of anilines is 4. The van der Waals surface area contributed by atoms with Gasteiger partial charge in [-0.1, -0.05) is 0 Å². The van der Waals surface area contributed by atoms with Gasteiger partial charge in [-0.15, -0.1) is 0 Å². The molecule has 2 aromatic rings. The van der Waals surface area contributed by atoms with Crippen molar-refractivity contribution in [2.75, 3.05) is 46.8 Å². The lowest BCUT2D eigenvalue weighted by molar-refractivity contribution is -0.124. The molecule has 0 aliphatic carbocycles. The summed E-state index contributed by atoms with van der Waals surface area (Å²) in [5, 5.41) is 18.6. The number of urea groups is 2. The second-order valence-electron chi connectivity index (χ2n) is 13.0. The molecule has 2 aromatic carbocycles. The van der Waals surface area contributed by atoms with Gasteiger partial charge in [-0.3, -0.25) is 19.4 Å². The Balaban J connectivity index is 1.39. The molecule has 0 radical (unpaired) electrons. The molecule has 2 N–H and O–H groups in total. The summed E-state index contributed by atoms with van der Waals surface area (Å²) in [5.41, 5.74) is 0.590. The SMILES string of the molecule is Cc1cc(N2C(=O)N(CCCCCN3C(=O)N(c4ccc(N(C)C(=O)O)c(C)c4)C(=O)C3(C)C)C(C)(C)C2=O)ccc1N(C)C(=O)O. The highest BCUT2D eigenvalue weighted by molar-refractivity contribution is 6.24. The highest BCUT2D eigenvalue weighted by atomic mass is 16.4. The molecule has 0 spiro atoms. The highest BCUT2D eigenvalue weighted by Gasteiger charge is 2.53. The Bertz CT molecular complexity index is 1530. The third-order valence-electron chi connectivity index (χ3n) is 9.08. The van der Waals surface area contributed by atoms with Gasteiger partial charge in [-0.05, 0) is 108 Å². The fourth-order valence-electron chi connectivity index (χ4n) is 6.11. The Morgan fingerprint density at radius 2 is 0.979 bits per heavy atom. The van der Waals surface area contributed by atoms with Crippen LogP contribution in [0.1, 0.15) is 58.1 Å². The predicted octanol–water partition coefficient (Wildman–Crippen LogP) is 5.50. The molecular weight excluding hydrogens is 608 g/mol. The summed E-state index contributed by atoms with van der Waals surface area (Å²) in [6.45, 7) is 10.8. The average Bonchev–Trinajstić information content (AvgIpc) is 3.27. The van der Waals surface area contributed by atoms with E-state index in [-0.39, 0.29) is 11.8 Å². The average molecular weight is 651 g/mol. The van der Waals surface area contributed by atoms with E-state index in [1.807, 2.05) is 0 Å². The van der Waals surface area contributed by atoms with Gasteiger partial charge in [-0.2, -0.15) is 0 Å². The van der Waals surface area contributed by atoms with Crippen LogP contribution in [0.25, 0.3) is 0 Å². The minimum Gasteiger partial charge on any atom is -0.465 e. The number of unbranched alkanes of at least 4 members (excludes halogenated alkanes) is 2. The number of imide groups is 2. The lowest BCUT2D eigenvalue weighted by Gasteiger charge is -2.29. The molecule has 252 valence electrons. The van der Waals surface area contributed by atoms with Crippen LogP contribution in [0, 0.1) is 13.8 Å². The molecule has 2 fully saturated rings. The van der Waals surface area contributed by atoms with E-state index in [1.54, 1.807) is 77.9 Å². The largest absolute Gasteiger partial charge is 0.465 e. The summed E-state index contributed by atoms with van der Waals surface area (Å²) in [5.74, 6) is -0.774. The lowest BCUT2D eigenvalue weighted by Crippen LogP contribution is -2.45. The van der Waals surface area contributed by atoms with Gasteiger partial charge in [0.25, 0.3) is 11.8 Å². The Morgan fingerprint density at radius 1 is 0.638 bits per heavy atom. The molecule has 0 unspecified atom stereocenters. The highest BCUT2D eigenvalue weighted by Crippen LogP contribution is 2.36. The van der Waals surface area contributed by atoms with E-state index < -0.39 is 35.3 Å². The fraction of sp³-hybridized carbons (Fsp3) is 0.455. The number of rotatable bonds is 10. The third kappa shape index (κ3) is 6.07. The second kappa shape index (κ2) is 12.6. The minimum atomic E-state index is -1.13. The summed E-state index contributed by atoms with van der Waals surface area (Å²) in [7, 11) is 2.83. The number of aryl methyl sites for hydroxylation is 2. The Labute approximate surface area is 273 Å². The van der Waals surface area contributed by atoms with Crippen LogP contribution < -0.4 is 19.6 Å². The second-order valence-corrected chi connectivity index (χ2v) is 13.0. The van der Waals surface area contributed by atoms with Gasteiger partial charge in [0, 0.05) is 38.6 Å². The molecule has 14 heteroatoms. The van der Waals surface area contributed by atoms with E-state index >= 15 is 0 Å². The Hall–Kier alpha value is -5.14. The van der Waals surface area contributed by atoms with Crippen LogP contribution in [0.15, 0.2) is 36.4 Å². The van der Waals surface area contributed by atoms with Gasteiger partial charge in [0.1, 0.15) is 11.1 Å². The molecule has 0 bridgehead atoms. The first-order valence-corrected chi connectivity index (χ1v) is 15.3. The number of amides is 8. The minimum absolute atomic E-state index is 0.297. The van der Waals surface area contributed by atoms with E-state index in [1.165, 1.54) is 23.9 Å². The molecule has 4 rings (SSSR count). The molecule has 14 nitrogen and oxygen atoms in total. The Morgan fingerprint density at radius 3 is 1.28 bits per heavy atom. The topological polar surface area (TPSA) is 162 Å². The van der Waals surface area contributed by atoms with Gasteiger partial charge < -0.3 is 20.0 Å². The quantitative estimate of drug-likeness (QED) is 0.252. The molecule has 0 atom stereocenters. The maximum Gasteiger partial charge on any atom is 0.411 e. The van der Waals surface area contributed by atoms with Crippen molar-refractivity contribution in [3.63, 3.8) is 0 Å². The van der Waals surface area contributed by atoms with Gasteiger partial charge in [0.15, 0.2) is 0 Å². The zero-order valence-electron chi connectivity index (χ0n) is 28.0. The van der Waals surface area contributed by atoms with Crippen molar-refractivity contribution in [2.24, 2.45) is 0 Å². The van der Waals surface area contributed by atoms with Crippen LogP contribution in [0.3, 0.4) is 0 Å². The van der Waals surface area contributed by atoms with Crippen LogP contribution in [0.4, 0.5) is 41.9 Å². The van der Waals surface area contributed by atoms with Gasteiger partial charge in [-0.25, -0.2) is 29.0 Å². The predicted molar refractivity (Wildman–Crippen MR) is 176 cm³/mol. The zero-order chi connectivity index (χ0) is 35.2. The monoisotopic (exact) mass is 650 g/mol. The normalized spacial score (nSPS) is 17.2. The first-order valence-electron chi connectivity index (χ1n) is 15.3. The number of benzene rings is 2. The van der Waals surface area contributed by atoms with Crippen molar-refractivity contribution in [1.82, 2.24) is 9.80 Å². The van der Waals surface area contributed by atoms with E-state index in [0.29, 0.717) is 66.2 Å². The summed E-state index contributed by atoms with van der Waals surface area (Å²) >= 11 is 0. The number of nitrogens with zero attached hydrogens (tertiary/aromatic N) is 6. The smallest absolute Gasteiger partial charge is 0.411 e. The molecule has 2 heterocycles. The number of carbonyl (C=O) groups is 6. The van der Waals surface area contributed by atoms with Crippen LogP contribution in [0.5, 0.6) is 0 Å². The number of hydrogen-bond donors (Lipinski definition) is 2. The molecular formula is C33H42N6O8. The van der Waals surface area contributed by atoms with Crippen molar-refractivity contribution in [3.8, 4) is 0 Å². The first kappa shape index (κ1) is 34.7. The number of carbonyl (C=O) groups excluding carboxylic acids is 4. The van der Waals surface area contributed by atoms with Gasteiger partial charge >= 0.3 is 24.2 Å². The molecule has 47 heavy (non-hydrogen) atoms. The van der Waals surface area contributed by atoms with Gasteiger partial charge in [0.05, 0.1) is 11.4 Å². The van der Waals surface area contributed by atoms with Crippen molar-refractivity contribution < 1.29 is 39.0 Å². The van der Waals surface area contributed by atoms with E-state index in [0.717, 1.165) is 19.6 Å². The van der Waals surface area contributed by atoms with Crippen molar-refractivity contribution in [1.29, 1.82) is 0 Å². The zero-order valence-corrected chi connectivity index (χ0v) is 28.0. The number of hydrogen-bond acceptors (Lipinski definition) is 6. The Kier molecular flexibility index (Phi) is 9.29. The van der Waals surface area contributed by atoms with Crippen molar-refractivity contribution >= 4 is 58.8 Å². The van der Waals surface area contributed by atoms with Crippen LogP contribution >= 0.6 is 0 Å². The van der Waals surface area contributed by atoms with Crippen LogP contribution in [0.2, 0.25) is 0 Å². The summed E-state index contributed by atoms with van der Waals surface area (Å²) in [4.78, 5) is 83.9. The molecule has 2 saturated heterocycles. The first-order chi connectivity index (χ1) is 21.8. The molecule has 2 aliphatic rings. The van der Waals surface area contributed by atoms with Crippen molar-refractivity contribution in [2.45, 2.75) is 71.9 Å². The number of carboxylic acid groups (broad SMARTS) is 2. The van der Waals surface area contributed by atoms with E-state index in [9.17, 15) is 39.0 Å². The molecule has 2 aliphatic heterocycles. The molecule has 0 saturated carbocycles. The van der Waals surface area contributed by atoms with Crippen LogP contribution in [-0.2, 0) is 9.59 Å². The summed E-state index contributed by atoms with van der Waals surface area (Å²) in [6, 6.07) is 8.55. The maximum absolute atomic E-state index is 13.5. The fourth-order valence-corrected chi connectivity index (χ4v) is 6.11. The van der Waals surface area contributed by atoms with E-state index in [2.05, 4.69) is 0 Å². The molecule has 0 aromatic heterocycles. The molecule has 8 amide bonds. The third-order valence-corrected chi connectivity index (χ3v) is 9.08. The maximum atomic E-state index is 13.5. The van der Waals surface area contributed by atoms with Crippen LogP contribution in [-0.4, -0.2) is 94.3 Å². The summed E-state index contributed by atoms with van der Waals surface area (Å²) < 4.78 is 0. The lowest BCUT2D eigenvalue weighted by atomic mass is 10.0. The van der Waals surface area contributed by atoms with E-state index in [4.69, 9.17) is 0 Å². The summed E-state index contributed by atoms with van der Waals surface area (Å²) in [6.07, 6.45) is -0.538. The standard InChI is InChI=1S/C33H42N6O8/c1-20-18-22(12-14-24(20)34(7)30(44)45)38-26(40)32(3,4)36(28(38)42)16-10-9-11-17-37-29(43)39(27(41)33(37,5)6)23-13-15-25(21(2)19-23)35(8)31(46)47/h12-15,18-19H,9-11,16-17H2,1-8H3,(H,44,45)(H,46,47). The van der Waals surface area contributed by atoms with Gasteiger partial charge in [0.2, 0.25) is 0 Å². The van der Waals surface area contributed by atoms with Crippen molar-refractivity contribution in [3.05, 3.63) is 47.5 Å².